The fraction of sp³-hybridized carbons (Fsp3) is 0.955. The van der Waals surface area contributed by atoms with Gasteiger partial charge in [0.1, 0.15) is 19.3 Å². The summed E-state index contributed by atoms with van der Waals surface area (Å²) in [6.45, 7) is 14.4. The van der Waals surface area contributed by atoms with Crippen LogP contribution in [0.4, 0.5) is 0 Å². The molecule has 0 spiro atoms. The number of phosphoric acid groups is 2. The smallest absolute Gasteiger partial charge is 0.462 e. The Bertz CT molecular complexity index is 2100. The van der Waals surface area contributed by atoms with Gasteiger partial charge in [-0.05, 0) is 49.4 Å². The lowest BCUT2D eigenvalue weighted by atomic mass is 9.99. The molecule has 17 nitrogen and oxygen atoms in total. The Balaban J connectivity index is 5.23. The average Bonchev–Trinajstić information content (AvgIpc) is 0.898. The second kappa shape index (κ2) is 77.6. The Hall–Kier alpha value is -1.94. The van der Waals surface area contributed by atoms with Crippen LogP contribution >= 0.6 is 15.6 Å². The zero-order valence-corrected chi connectivity index (χ0v) is 73.3. The average molecular weight is 1580 g/mol. The lowest BCUT2D eigenvalue weighted by Crippen LogP contribution is -2.30. The number of carbonyl (C=O) groups excluding carboxylic acids is 4. The number of hydrogen-bond acceptors (Lipinski definition) is 15. The number of unbranched alkanes of at least 4 members (excludes halogenated alkanes) is 49. The van der Waals surface area contributed by atoms with Crippen LogP contribution in [0.15, 0.2) is 0 Å². The first-order valence-corrected chi connectivity index (χ1v) is 48.8. The van der Waals surface area contributed by atoms with E-state index in [2.05, 4.69) is 55.4 Å². The van der Waals surface area contributed by atoms with Crippen molar-refractivity contribution in [2.75, 3.05) is 39.6 Å². The molecule has 0 aromatic carbocycles. The van der Waals surface area contributed by atoms with Gasteiger partial charge in [-0.1, -0.05) is 415 Å². The Kier molecular flexibility index (Phi) is 76.2. The number of ether oxygens (including phenoxy) is 4. The van der Waals surface area contributed by atoms with Gasteiger partial charge in [-0.2, -0.15) is 0 Å². The van der Waals surface area contributed by atoms with E-state index in [4.69, 9.17) is 37.0 Å². The van der Waals surface area contributed by atoms with E-state index in [1.54, 1.807) is 0 Å². The summed E-state index contributed by atoms with van der Waals surface area (Å²) in [7, 11) is -9.93. The number of rotatable bonds is 86. The summed E-state index contributed by atoms with van der Waals surface area (Å²) in [5.41, 5.74) is 0. The van der Waals surface area contributed by atoms with Gasteiger partial charge in [0.2, 0.25) is 0 Å². The molecule has 0 heterocycles. The number of hydrogen-bond donors (Lipinski definition) is 3. The number of aliphatic hydroxyl groups excluding tert-OH is 1. The summed E-state index contributed by atoms with van der Waals surface area (Å²) in [4.78, 5) is 73.3. The quantitative estimate of drug-likeness (QED) is 0.0222. The van der Waals surface area contributed by atoms with Gasteiger partial charge in [0.25, 0.3) is 0 Å². The molecule has 0 amide bonds. The van der Waals surface area contributed by atoms with Gasteiger partial charge in [0, 0.05) is 25.7 Å². The van der Waals surface area contributed by atoms with Crippen LogP contribution in [0, 0.1) is 23.7 Å². The maximum absolute atomic E-state index is 13.2. The van der Waals surface area contributed by atoms with E-state index in [0.717, 1.165) is 120 Å². The minimum absolute atomic E-state index is 0.107. The third-order valence-corrected chi connectivity index (χ3v) is 23.8. The number of esters is 4. The summed E-state index contributed by atoms with van der Waals surface area (Å²) in [6, 6.07) is 0. The summed E-state index contributed by atoms with van der Waals surface area (Å²) >= 11 is 0. The summed E-state index contributed by atoms with van der Waals surface area (Å²) in [5, 5.41) is 10.7. The molecule has 19 heteroatoms. The Labute approximate surface area is 664 Å². The van der Waals surface area contributed by atoms with E-state index < -0.39 is 97.5 Å². The van der Waals surface area contributed by atoms with Crippen LogP contribution in [0.1, 0.15) is 466 Å². The van der Waals surface area contributed by atoms with Crippen molar-refractivity contribution in [3.63, 3.8) is 0 Å². The fourth-order valence-electron chi connectivity index (χ4n) is 13.8. The topological polar surface area (TPSA) is 237 Å². The Morgan fingerprint density at radius 1 is 0.259 bits per heavy atom. The maximum atomic E-state index is 13.2. The molecule has 0 aromatic heterocycles. The van der Waals surface area contributed by atoms with Gasteiger partial charge in [0.05, 0.1) is 26.4 Å². The lowest BCUT2D eigenvalue weighted by molar-refractivity contribution is -0.161. The molecule has 0 aliphatic rings. The molecule has 108 heavy (non-hydrogen) atoms. The van der Waals surface area contributed by atoms with Gasteiger partial charge in [-0.3, -0.25) is 37.3 Å². The normalized spacial score (nSPS) is 14.6. The molecule has 0 saturated carbocycles. The minimum Gasteiger partial charge on any atom is -0.462 e. The van der Waals surface area contributed by atoms with E-state index in [1.165, 1.54) is 263 Å². The largest absolute Gasteiger partial charge is 0.472 e. The molecule has 3 N–H and O–H groups in total. The predicted octanol–water partition coefficient (Wildman–Crippen LogP) is 27.1. The highest BCUT2D eigenvalue weighted by Gasteiger charge is 2.31. The zero-order valence-electron chi connectivity index (χ0n) is 71.5. The van der Waals surface area contributed by atoms with Gasteiger partial charge in [-0.25, -0.2) is 9.13 Å². The van der Waals surface area contributed by atoms with E-state index in [9.17, 15) is 43.2 Å². The van der Waals surface area contributed by atoms with E-state index in [1.807, 2.05) is 0 Å². The van der Waals surface area contributed by atoms with Crippen molar-refractivity contribution < 1.29 is 80.2 Å². The molecule has 8 atom stereocenters. The van der Waals surface area contributed by atoms with Crippen LogP contribution in [-0.4, -0.2) is 96.7 Å². The van der Waals surface area contributed by atoms with Crippen LogP contribution in [0.2, 0.25) is 0 Å². The highest BCUT2D eigenvalue weighted by Crippen LogP contribution is 2.45. The van der Waals surface area contributed by atoms with Crippen LogP contribution < -0.4 is 0 Å². The molecule has 0 rings (SSSR count). The second-order valence-electron chi connectivity index (χ2n) is 33.2. The maximum Gasteiger partial charge on any atom is 0.472 e. The summed E-state index contributed by atoms with van der Waals surface area (Å²) in [5.74, 6) is 1.15. The molecule has 0 radical (unpaired) electrons. The van der Waals surface area contributed by atoms with E-state index >= 15 is 0 Å². The van der Waals surface area contributed by atoms with Crippen molar-refractivity contribution in [3.05, 3.63) is 0 Å². The first-order chi connectivity index (χ1) is 52.2. The van der Waals surface area contributed by atoms with Crippen molar-refractivity contribution >= 4 is 39.5 Å². The molecule has 642 valence electrons. The SMILES string of the molecule is CCC(C)CCCCCCCCCCCCCCCCCCCCC(=O)O[C@H](COC(=O)CCCCCCCCCCCCCCCCC(C)CC)COP(=O)(O)OC[C@@H](O)COP(=O)(O)OC[C@@H](COC(=O)CCCCCCCCC(C)CC)OC(=O)CCCCCCCCCCCCCCCCCC(C)C. The van der Waals surface area contributed by atoms with E-state index in [-0.39, 0.29) is 25.7 Å². The van der Waals surface area contributed by atoms with Crippen molar-refractivity contribution in [2.45, 2.75) is 485 Å². The summed E-state index contributed by atoms with van der Waals surface area (Å²) in [6.07, 6.45) is 68.0. The van der Waals surface area contributed by atoms with Crippen LogP contribution in [0.25, 0.3) is 0 Å². The molecule has 0 saturated heterocycles. The number of aliphatic hydroxyl groups is 1. The molecule has 0 aromatic rings. The second-order valence-corrected chi connectivity index (χ2v) is 36.1. The summed E-state index contributed by atoms with van der Waals surface area (Å²) < 4.78 is 69.0. The van der Waals surface area contributed by atoms with Crippen LogP contribution in [0.3, 0.4) is 0 Å². The van der Waals surface area contributed by atoms with Gasteiger partial charge >= 0.3 is 39.5 Å². The van der Waals surface area contributed by atoms with Gasteiger partial charge in [0.15, 0.2) is 12.2 Å². The van der Waals surface area contributed by atoms with Crippen molar-refractivity contribution in [3.8, 4) is 0 Å². The molecule has 5 unspecified atom stereocenters. The Morgan fingerprint density at radius 3 is 0.657 bits per heavy atom. The van der Waals surface area contributed by atoms with Crippen LogP contribution in [-0.2, 0) is 65.4 Å². The molecular formula is C89H174O17P2. The number of phosphoric ester groups is 2. The first kappa shape index (κ1) is 106. The van der Waals surface area contributed by atoms with Crippen molar-refractivity contribution in [1.82, 2.24) is 0 Å². The Morgan fingerprint density at radius 2 is 0.444 bits per heavy atom. The van der Waals surface area contributed by atoms with Gasteiger partial charge in [-0.15, -0.1) is 0 Å². The monoisotopic (exact) mass is 1580 g/mol. The third-order valence-electron chi connectivity index (χ3n) is 21.9. The molecule has 0 aliphatic carbocycles. The predicted molar refractivity (Wildman–Crippen MR) is 446 cm³/mol. The molecule has 0 fully saturated rings. The van der Waals surface area contributed by atoms with E-state index in [0.29, 0.717) is 25.7 Å². The fourth-order valence-corrected chi connectivity index (χ4v) is 15.3. The lowest BCUT2D eigenvalue weighted by Gasteiger charge is -2.21. The first-order valence-electron chi connectivity index (χ1n) is 45.8. The zero-order chi connectivity index (χ0) is 79.5. The minimum atomic E-state index is -4.97. The van der Waals surface area contributed by atoms with Crippen molar-refractivity contribution in [2.24, 2.45) is 23.7 Å². The highest BCUT2D eigenvalue weighted by atomic mass is 31.2. The highest BCUT2D eigenvalue weighted by molar-refractivity contribution is 7.47. The van der Waals surface area contributed by atoms with Crippen molar-refractivity contribution in [1.29, 1.82) is 0 Å². The third kappa shape index (κ3) is 78.0. The van der Waals surface area contributed by atoms with Gasteiger partial charge < -0.3 is 33.8 Å². The van der Waals surface area contributed by atoms with Crippen LogP contribution in [0.5, 0.6) is 0 Å². The standard InChI is InChI=1S/C89H174O17P2/c1-9-80(6)66-58-50-42-36-30-24-18-14-12-13-15-19-27-33-39-45-55-63-71-88(93)105-84(75-99-86(91)69-61-53-44-38-32-26-22-21-25-31-37-43-51-59-67-81(7)10-2)77-103-107(95,96)101-73-83(90)74-102-108(97,98)104-78-85(76-100-87(92)70-62-54-48-47-52-60-68-82(8)11-3)106-89(94)72-64-56-46-40-34-28-20-16-17-23-29-35-41-49-57-65-79(4)5/h79-85,90H,9-78H2,1-8H3,(H,95,96)(H,97,98)/t80?,81?,82?,83-,84-,85-/m1/s1. The number of carbonyl (C=O) groups is 4. The molecule has 0 aliphatic heterocycles. The molecular weight excluding hydrogens is 1400 g/mol. The molecule has 0 bridgehead atoms.